The summed E-state index contributed by atoms with van der Waals surface area (Å²) in [7, 11) is 1.98. The largest absolute Gasteiger partial charge is 0.317 e. The van der Waals surface area contributed by atoms with Gasteiger partial charge in [0.05, 0.1) is 5.69 Å². The number of aromatic nitrogens is 2. The van der Waals surface area contributed by atoms with E-state index in [1.807, 2.05) is 11.7 Å². The fourth-order valence-electron chi connectivity index (χ4n) is 1.49. The lowest BCUT2D eigenvalue weighted by Crippen LogP contribution is -2.16. The Labute approximate surface area is 80.1 Å². The minimum absolute atomic E-state index is 1.03. The van der Waals surface area contributed by atoms with Crippen LogP contribution in [0.4, 0.5) is 0 Å². The Bertz CT molecular complexity index is 253. The number of nitrogens with zero attached hydrogens (tertiary/aromatic N) is 2. The first-order valence-electron chi connectivity index (χ1n) is 5.00. The van der Waals surface area contributed by atoms with Gasteiger partial charge >= 0.3 is 0 Å². The molecule has 1 aromatic rings. The molecule has 0 fully saturated rings. The van der Waals surface area contributed by atoms with Crippen molar-refractivity contribution < 1.29 is 0 Å². The third-order valence-electron chi connectivity index (χ3n) is 2.15. The standard InChI is InChI=1S/C10H19N3/c1-4-10-9(6-7-11-5-2)8-13(3)12-10/h8,11H,4-7H2,1-3H3. The van der Waals surface area contributed by atoms with Gasteiger partial charge in [0.1, 0.15) is 0 Å². The molecule has 1 rings (SSSR count). The average Bonchev–Trinajstić information content (AvgIpc) is 2.47. The van der Waals surface area contributed by atoms with E-state index in [1.165, 1.54) is 11.3 Å². The highest BCUT2D eigenvalue weighted by Crippen LogP contribution is 2.06. The molecule has 0 amide bonds. The van der Waals surface area contributed by atoms with Gasteiger partial charge in [-0.15, -0.1) is 0 Å². The zero-order valence-corrected chi connectivity index (χ0v) is 8.80. The van der Waals surface area contributed by atoms with E-state index in [9.17, 15) is 0 Å². The molecule has 1 N–H and O–H groups in total. The Kier molecular flexibility index (Phi) is 3.96. The number of hydrogen-bond donors (Lipinski definition) is 1. The van der Waals surface area contributed by atoms with E-state index >= 15 is 0 Å². The van der Waals surface area contributed by atoms with Crippen LogP contribution in [-0.4, -0.2) is 22.9 Å². The van der Waals surface area contributed by atoms with E-state index in [-0.39, 0.29) is 0 Å². The van der Waals surface area contributed by atoms with Crippen molar-refractivity contribution >= 4 is 0 Å². The molecule has 0 aliphatic rings. The number of likely N-dealkylation sites (N-methyl/N-ethyl adjacent to an activating group) is 1. The van der Waals surface area contributed by atoms with Crippen LogP contribution in [0.3, 0.4) is 0 Å². The topological polar surface area (TPSA) is 29.9 Å². The Balaban J connectivity index is 2.53. The highest BCUT2D eigenvalue weighted by Gasteiger charge is 2.04. The lowest BCUT2D eigenvalue weighted by Gasteiger charge is -2.00. The van der Waals surface area contributed by atoms with Gasteiger partial charge in [0.25, 0.3) is 0 Å². The monoisotopic (exact) mass is 181 g/mol. The maximum absolute atomic E-state index is 4.40. The first-order valence-corrected chi connectivity index (χ1v) is 5.00. The summed E-state index contributed by atoms with van der Waals surface area (Å²) in [6, 6.07) is 0. The van der Waals surface area contributed by atoms with Crippen molar-refractivity contribution in [1.29, 1.82) is 0 Å². The number of nitrogens with one attached hydrogen (secondary N) is 1. The quantitative estimate of drug-likeness (QED) is 0.690. The van der Waals surface area contributed by atoms with Gasteiger partial charge in [-0.05, 0) is 31.5 Å². The summed E-state index contributed by atoms with van der Waals surface area (Å²) in [5.41, 5.74) is 2.62. The van der Waals surface area contributed by atoms with Crippen LogP contribution in [0, 0.1) is 0 Å². The molecular weight excluding hydrogens is 162 g/mol. The predicted molar refractivity (Wildman–Crippen MR) is 54.8 cm³/mol. The molecule has 0 aliphatic carbocycles. The third-order valence-corrected chi connectivity index (χ3v) is 2.15. The summed E-state index contributed by atoms with van der Waals surface area (Å²) in [5.74, 6) is 0. The summed E-state index contributed by atoms with van der Waals surface area (Å²) in [6.07, 6.45) is 4.24. The maximum Gasteiger partial charge on any atom is 0.0654 e. The van der Waals surface area contributed by atoms with Gasteiger partial charge in [0.2, 0.25) is 0 Å². The Morgan fingerprint density at radius 2 is 2.23 bits per heavy atom. The lowest BCUT2D eigenvalue weighted by molar-refractivity contribution is 0.713. The van der Waals surface area contributed by atoms with Crippen LogP contribution in [0.1, 0.15) is 25.1 Å². The highest BCUT2D eigenvalue weighted by molar-refractivity contribution is 5.17. The van der Waals surface area contributed by atoms with Crippen LogP contribution >= 0.6 is 0 Å². The van der Waals surface area contributed by atoms with Crippen molar-refractivity contribution in [3.8, 4) is 0 Å². The van der Waals surface area contributed by atoms with Gasteiger partial charge in [0.15, 0.2) is 0 Å². The maximum atomic E-state index is 4.40. The summed E-state index contributed by atoms with van der Waals surface area (Å²) in [6.45, 7) is 6.37. The average molecular weight is 181 g/mol. The lowest BCUT2D eigenvalue weighted by atomic mass is 10.1. The number of rotatable bonds is 5. The second-order valence-electron chi connectivity index (χ2n) is 3.23. The summed E-state index contributed by atoms with van der Waals surface area (Å²) < 4.78 is 1.90. The molecule has 74 valence electrons. The summed E-state index contributed by atoms with van der Waals surface area (Å²) in [5, 5.41) is 7.72. The van der Waals surface area contributed by atoms with Crippen molar-refractivity contribution in [2.75, 3.05) is 13.1 Å². The second kappa shape index (κ2) is 5.02. The molecule has 0 spiro atoms. The SMILES string of the molecule is CCNCCc1cn(C)nc1CC. The zero-order chi connectivity index (χ0) is 9.68. The molecular formula is C10H19N3. The Morgan fingerprint density at radius 3 is 2.85 bits per heavy atom. The van der Waals surface area contributed by atoms with Gasteiger partial charge < -0.3 is 5.32 Å². The van der Waals surface area contributed by atoms with E-state index < -0.39 is 0 Å². The van der Waals surface area contributed by atoms with Gasteiger partial charge in [-0.25, -0.2) is 0 Å². The predicted octanol–water partition coefficient (Wildman–Crippen LogP) is 1.13. The fourth-order valence-corrected chi connectivity index (χ4v) is 1.49. The van der Waals surface area contributed by atoms with E-state index in [4.69, 9.17) is 0 Å². The molecule has 0 atom stereocenters. The van der Waals surface area contributed by atoms with Crippen molar-refractivity contribution in [2.24, 2.45) is 7.05 Å². The van der Waals surface area contributed by atoms with Crippen molar-refractivity contribution in [3.05, 3.63) is 17.5 Å². The minimum Gasteiger partial charge on any atom is -0.317 e. The molecule has 0 saturated carbocycles. The zero-order valence-electron chi connectivity index (χ0n) is 8.80. The molecule has 13 heavy (non-hydrogen) atoms. The molecule has 0 saturated heterocycles. The van der Waals surface area contributed by atoms with Gasteiger partial charge in [-0.3, -0.25) is 4.68 Å². The fraction of sp³-hybridized carbons (Fsp3) is 0.700. The first kappa shape index (κ1) is 10.3. The molecule has 3 nitrogen and oxygen atoms in total. The summed E-state index contributed by atoms with van der Waals surface area (Å²) in [4.78, 5) is 0. The molecule has 0 aliphatic heterocycles. The smallest absolute Gasteiger partial charge is 0.0654 e. The van der Waals surface area contributed by atoms with Crippen molar-refractivity contribution in [1.82, 2.24) is 15.1 Å². The van der Waals surface area contributed by atoms with Crippen LogP contribution < -0.4 is 5.32 Å². The van der Waals surface area contributed by atoms with Crippen LogP contribution in [0.25, 0.3) is 0 Å². The molecule has 1 aromatic heterocycles. The third kappa shape index (κ3) is 2.84. The van der Waals surface area contributed by atoms with Gasteiger partial charge in [0, 0.05) is 13.2 Å². The normalized spacial score (nSPS) is 10.7. The minimum atomic E-state index is 1.03. The van der Waals surface area contributed by atoms with E-state index in [2.05, 4.69) is 30.5 Å². The van der Waals surface area contributed by atoms with Crippen LogP contribution in [0.5, 0.6) is 0 Å². The molecule has 1 heterocycles. The Morgan fingerprint density at radius 1 is 1.46 bits per heavy atom. The molecule has 0 radical (unpaired) electrons. The Hall–Kier alpha value is -0.830. The van der Waals surface area contributed by atoms with E-state index in [1.54, 1.807) is 0 Å². The molecule has 3 heteroatoms. The first-order chi connectivity index (χ1) is 6.27. The number of hydrogen-bond acceptors (Lipinski definition) is 2. The van der Waals surface area contributed by atoms with Crippen LogP contribution in [0.15, 0.2) is 6.20 Å². The second-order valence-corrected chi connectivity index (χ2v) is 3.23. The molecule has 0 unspecified atom stereocenters. The van der Waals surface area contributed by atoms with Crippen molar-refractivity contribution in [2.45, 2.75) is 26.7 Å². The molecule has 0 aromatic carbocycles. The van der Waals surface area contributed by atoms with Crippen LogP contribution in [0.2, 0.25) is 0 Å². The van der Waals surface area contributed by atoms with Crippen molar-refractivity contribution in [3.63, 3.8) is 0 Å². The van der Waals surface area contributed by atoms with Gasteiger partial charge in [-0.1, -0.05) is 13.8 Å². The van der Waals surface area contributed by atoms with Crippen LogP contribution in [-0.2, 0) is 19.9 Å². The number of aryl methyl sites for hydroxylation is 2. The van der Waals surface area contributed by atoms with E-state index in [0.29, 0.717) is 0 Å². The highest BCUT2D eigenvalue weighted by atomic mass is 15.2. The molecule has 0 bridgehead atoms. The van der Waals surface area contributed by atoms with Gasteiger partial charge in [-0.2, -0.15) is 5.10 Å². The van der Waals surface area contributed by atoms with E-state index in [0.717, 1.165) is 25.9 Å². The summed E-state index contributed by atoms with van der Waals surface area (Å²) >= 11 is 0.